The summed E-state index contributed by atoms with van der Waals surface area (Å²) in [5, 5.41) is 11.4. The summed E-state index contributed by atoms with van der Waals surface area (Å²) in [6.45, 7) is 4.70. The summed E-state index contributed by atoms with van der Waals surface area (Å²) in [6.07, 6.45) is 0. The molecule has 0 saturated carbocycles. The summed E-state index contributed by atoms with van der Waals surface area (Å²) in [6, 6.07) is 2.07. The topological polar surface area (TPSA) is 175 Å². The Hall–Kier alpha value is -4.16. The van der Waals surface area contributed by atoms with Crippen molar-refractivity contribution in [2.24, 2.45) is 13.0 Å². The number of aromatic nitrogens is 2. The molecule has 1 heterocycles. The fourth-order valence-corrected chi connectivity index (χ4v) is 3.16. The molecule has 184 valence electrons. The average molecular weight is 478 g/mol. The van der Waals surface area contributed by atoms with Crippen LogP contribution in [0.5, 0.6) is 11.5 Å². The van der Waals surface area contributed by atoms with E-state index in [9.17, 15) is 29.3 Å². The number of carbonyl (C=O) groups is 2. The largest absolute Gasteiger partial charge is 0.493 e. The highest BCUT2D eigenvalue weighted by Crippen LogP contribution is 2.35. The Balaban J connectivity index is 2.41. The molecule has 0 fully saturated rings. The molecule has 0 atom stereocenters. The molecule has 13 nitrogen and oxygen atoms in total. The van der Waals surface area contributed by atoms with E-state index < -0.39 is 51.3 Å². The highest BCUT2D eigenvalue weighted by molar-refractivity contribution is 6.03. The van der Waals surface area contributed by atoms with Gasteiger partial charge in [-0.25, -0.2) is 9.59 Å². The molecule has 0 radical (unpaired) electrons. The van der Waals surface area contributed by atoms with Gasteiger partial charge < -0.3 is 19.9 Å². The van der Waals surface area contributed by atoms with E-state index in [0.29, 0.717) is 0 Å². The lowest BCUT2D eigenvalue weighted by Gasteiger charge is -2.16. The lowest BCUT2D eigenvalue weighted by atomic mass is 10.1. The van der Waals surface area contributed by atoms with Gasteiger partial charge in [-0.05, 0) is 12.8 Å². The summed E-state index contributed by atoms with van der Waals surface area (Å²) in [7, 11) is 2.47. The fraction of sp³-hybridized carbons (Fsp3) is 0.429. The number of nitrogen functional groups attached to an aromatic ring is 1. The van der Waals surface area contributed by atoms with E-state index in [1.807, 2.05) is 13.8 Å². The molecule has 34 heavy (non-hydrogen) atoms. The van der Waals surface area contributed by atoms with Crippen LogP contribution < -0.4 is 26.5 Å². The van der Waals surface area contributed by atoms with Gasteiger partial charge >= 0.3 is 11.7 Å². The number of nitro groups is 1. The zero-order valence-electron chi connectivity index (χ0n) is 19.4. The molecule has 13 heteroatoms. The summed E-state index contributed by atoms with van der Waals surface area (Å²) < 4.78 is 17.2. The van der Waals surface area contributed by atoms with Gasteiger partial charge in [0.2, 0.25) is 5.78 Å². The Kier molecular flexibility index (Phi) is 8.16. The number of methoxy groups -OCH3 is 1. The van der Waals surface area contributed by atoms with E-state index >= 15 is 0 Å². The molecule has 0 spiro atoms. The minimum absolute atomic E-state index is 0.0200. The minimum atomic E-state index is -1.20. The van der Waals surface area contributed by atoms with Crippen LogP contribution in [0.25, 0.3) is 0 Å². The number of hydrogen-bond donors (Lipinski definition) is 1. The maximum atomic E-state index is 12.7. The van der Waals surface area contributed by atoms with Crippen LogP contribution in [0.1, 0.15) is 41.5 Å². The van der Waals surface area contributed by atoms with E-state index in [-0.39, 0.29) is 36.4 Å². The number of ketones is 1. The Labute approximate surface area is 193 Å². The number of rotatable bonds is 10. The number of nitrogens with zero attached hydrogens (tertiary/aromatic N) is 3. The van der Waals surface area contributed by atoms with Crippen LogP contribution in [-0.4, -0.2) is 46.1 Å². The molecule has 1 aromatic heterocycles. The van der Waals surface area contributed by atoms with Gasteiger partial charge in [0.15, 0.2) is 18.1 Å². The molecule has 0 aliphatic heterocycles. The maximum absolute atomic E-state index is 12.7. The van der Waals surface area contributed by atoms with E-state index in [0.717, 1.165) is 21.3 Å². The molecule has 0 bridgehead atoms. The molecule has 1 aromatic carbocycles. The van der Waals surface area contributed by atoms with Crippen molar-refractivity contribution in [3.63, 3.8) is 0 Å². The zero-order chi connectivity index (χ0) is 25.7. The summed E-state index contributed by atoms with van der Waals surface area (Å²) in [5.41, 5.74) is 2.68. The number of anilines is 1. The summed E-state index contributed by atoms with van der Waals surface area (Å²) in [5.74, 6) is -2.44. The molecule has 2 aromatic rings. The Morgan fingerprint density at radius 3 is 2.38 bits per heavy atom. The van der Waals surface area contributed by atoms with Crippen LogP contribution in [0.15, 0.2) is 21.7 Å². The lowest BCUT2D eigenvalue weighted by molar-refractivity contribution is -0.385. The molecule has 0 unspecified atom stereocenters. The standard InChI is InChI=1S/C21H26N4O9/c1-6-33-16-7-12(13(25(30)31)8-15(16)32-5)20(28)34-10-14(26)17-18(22)24(9-11(2)3)21(29)23(4)19(17)27/h7-8,11H,6,9-10,22H2,1-5H3. The second kappa shape index (κ2) is 10.6. The van der Waals surface area contributed by atoms with Crippen molar-refractivity contribution >= 4 is 23.3 Å². The van der Waals surface area contributed by atoms with Gasteiger partial charge in [0.1, 0.15) is 16.9 Å². The van der Waals surface area contributed by atoms with Gasteiger partial charge in [-0.2, -0.15) is 0 Å². The van der Waals surface area contributed by atoms with E-state index in [2.05, 4.69) is 0 Å². The van der Waals surface area contributed by atoms with Crippen molar-refractivity contribution in [2.45, 2.75) is 27.3 Å². The van der Waals surface area contributed by atoms with Gasteiger partial charge in [-0.1, -0.05) is 13.8 Å². The smallest absolute Gasteiger partial charge is 0.345 e. The molecule has 0 aliphatic carbocycles. The van der Waals surface area contributed by atoms with Gasteiger partial charge in [-0.3, -0.25) is 28.8 Å². The Morgan fingerprint density at radius 2 is 1.85 bits per heavy atom. The monoisotopic (exact) mass is 478 g/mol. The third kappa shape index (κ3) is 5.24. The first kappa shape index (κ1) is 26.1. The van der Waals surface area contributed by atoms with E-state index in [4.69, 9.17) is 19.9 Å². The van der Waals surface area contributed by atoms with Crippen molar-refractivity contribution < 1.29 is 28.7 Å². The third-order valence-corrected chi connectivity index (χ3v) is 4.74. The fourth-order valence-electron chi connectivity index (χ4n) is 3.16. The number of carbonyl (C=O) groups excluding carboxylic acids is 2. The van der Waals surface area contributed by atoms with E-state index in [1.165, 1.54) is 14.2 Å². The predicted molar refractivity (Wildman–Crippen MR) is 121 cm³/mol. The average Bonchev–Trinajstić information content (AvgIpc) is 2.78. The van der Waals surface area contributed by atoms with Crippen LogP contribution in [0.4, 0.5) is 11.5 Å². The highest BCUT2D eigenvalue weighted by atomic mass is 16.6. The minimum Gasteiger partial charge on any atom is -0.493 e. The van der Waals surface area contributed by atoms with Crippen molar-refractivity contribution in [3.8, 4) is 11.5 Å². The first-order valence-corrected chi connectivity index (χ1v) is 10.2. The van der Waals surface area contributed by atoms with E-state index in [1.54, 1.807) is 6.92 Å². The van der Waals surface area contributed by atoms with Gasteiger partial charge in [-0.15, -0.1) is 0 Å². The molecular formula is C21H26N4O9. The molecular weight excluding hydrogens is 452 g/mol. The van der Waals surface area contributed by atoms with Crippen molar-refractivity contribution in [3.05, 3.63) is 54.2 Å². The number of hydrogen-bond acceptors (Lipinski definition) is 10. The van der Waals surface area contributed by atoms with Gasteiger partial charge in [0.05, 0.1) is 24.7 Å². The first-order chi connectivity index (χ1) is 15.9. The molecule has 2 N–H and O–H groups in total. The highest BCUT2D eigenvalue weighted by Gasteiger charge is 2.28. The van der Waals surface area contributed by atoms with Gasteiger partial charge in [0.25, 0.3) is 11.2 Å². The lowest BCUT2D eigenvalue weighted by Crippen LogP contribution is -2.43. The number of ether oxygens (including phenoxy) is 3. The number of nitro benzene ring substituents is 1. The quantitative estimate of drug-likeness (QED) is 0.225. The van der Waals surface area contributed by atoms with Crippen LogP contribution in [-0.2, 0) is 18.3 Å². The SMILES string of the molecule is CCOc1cc(C(=O)OCC(=O)c2c(N)n(CC(C)C)c(=O)n(C)c2=O)c([N+](=O)[O-])cc1OC. The number of benzene rings is 1. The number of esters is 1. The Morgan fingerprint density at radius 1 is 1.21 bits per heavy atom. The van der Waals surface area contributed by atoms with Crippen molar-refractivity contribution in [2.75, 3.05) is 26.1 Å². The van der Waals surface area contributed by atoms with Crippen LogP contribution in [0.3, 0.4) is 0 Å². The normalized spacial score (nSPS) is 10.8. The first-order valence-electron chi connectivity index (χ1n) is 10.2. The zero-order valence-corrected chi connectivity index (χ0v) is 19.4. The number of nitrogens with two attached hydrogens (primary N) is 1. The molecule has 2 rings (SSSR count). The second-order valence-corrected chi connectivity index (χ2v) is 7.62. The summed E-state index contributed by atoms with van der Waals surface area (Å²) in [4.78, 5) is 60.9. The van der Waals surface area contributed by atoms with Crippen molar-refractivity contribution in [1.29, 1.82) is 0 Å². The number of Topliss-reactive ketones (excluding diaryl/α,β-unsaturated/α-hetero) is 1. The van der Waals surface area contributed by atoms with Crippen LogP contribution in [0.2, 0.25) is 0 Å². The van der Waals surface area contributed by atoms with Crippen molar-refractivity contribution in [1.82, 2.24) is 9.13 Å². The van der Waals surface area contributed by atoms with Crippen LogP contribution >= 0.6 is 0 Å². The third-order valence-electron chi connectivity index (χ3n) is 4.74. The van der Waals surface area contributed by atoms with Gasteiger partial charge in [0, 0.05) is 19.7 Å². The maximum Gasteiger partial charge on any atom is 0.345 e. The molecule has 0 saturated heterocycles. The Bertz CT molecular complexity index is 1240. The molecule has 0 aliphatic rings. The predicted octanol–water partition coefficient (Wildman–Crippen LogP) is 1.14. The molecule has 0 amide bonds. The summed E-state index contributed by atoms with van der Waals surface area (Å²) >= 11 is 0. The second-order valence-electron chi connectivity index (χ2n) is 7.62. The van der Waals surface area contributed by atoms with Crippen LogP contribution in [0, 0.1) is 16.0 Å².